The van der Waals surface area contributed by atoms with Crippen molar-refractivity contribution in [2.24, 2.45) is 4.99 Å². The molecule has 78 valence electrons. The van der Waals surface area contributed by atoms with Crippen LogP contribution in [0.15, 0.2) is 27.7 Å². The van der Waals surface area contributed by atoms with Crippen molar-refractivity contribution >= 4 is 27.5 Å². The second-order valence-electron chi connectivity index (χ2n) is 2.93. The fourth-order valence-electron chi connectivity index (χ4n) is 1.37. The summed E-state index contributed by atoms with van der Waals surface area (Å²) in [7, 11) is 0. The molecule has 0 spiro atoms. The third-order valence-corrected chi connectivity index (χ3v) is 2.63. The molecular formula is C9H7BrN2O3. The van der Waals surface area contributed by atoms with E-state index < -0.39 is 4.92 Å². The molecule has 1 aliphatic heterocycles. The molecule has 6 heteroatoms. The summed E-state index contributed by atoms with van der Waals surface area (Å²) in [6.07, 6.45) is 0. The van der Waals surface area contributed by atoms with E-state index in [9.17, 15) is 10.1 Å². The molecule has 0 atom stereocenters. The second kappa shape index (κ2) is 3.98. The van der Waals surface area contributed by atoms with Gasteiger partial charge in [0, 0.05) is 0 Å². The van der Waals surface area contributed by atoms with Gasteiger partial charge in [0.2, 0.25) is 5.90 Å². The molecule has 1 aliphatic rings. The minimum atomic E-state index is -0.441. The number of hydrogen-bond donors (Lipinski definition) is 0. The van der Waals surface area contributed by atoms with E-state index in [4.69, 9.17) is 4.74 Å². The molecule has 5 nitrogen and oxygen atoms in total. The standard InChI is InChI=1S/C9H7BrN2O3/c10-7-3-1-2-6(8(7)12(13)14)9-11-4-5-15-9/h1-3H,4-5H2. The lowest BCUT2D eigenvalue weighted by molar-refractivity contribution is -0.385. The normalized spacial score (nSPS) is 14.6. The first-order valence-corrected chi connectivity index (χ1v) is 5.10. The van der Waals surface area contributed by atoms with Gasteiger partial charge in [-0.3, -0.25) is 10.1 Å². The Bertz CT molecular complexity index is 445. The molecule has 0 aromatic heterocycles. The van der Waals surface area contributed by atoms with Crippen molar-refractivity contribution in [1.82, 2.24) is 0 Å². The van der Waals surface area contributed by atoms with Gasteiger partial charge in [-0.25, -0.2) is 4.99 Å². The van der Waals surface area contributed by atoms with E-state index in [-0.39, 0.29) is 5.69 Å². The maximum atomic E-state index is 10.9. The molecule has 0 saturated heterocycles. The van der Waals surface area contributed by atoms with E-state index in [2.05, 4.69) is 20.9 Å². The molecule has 1 aromatic carbocycles. The molecule has 0 aliphatic carbocycles. The predicted octanol–water partition coefficient (Wildman–Crippen LogP) is 2.13. The van der Waals surface area contributed by atoms with E-state index in [0.29, 0.717) is 29.1 Å². The molecule has 0 N–H and O–H groups in total. The lowest BCUT2D eigenvalue weighted by Gasteiger charge is -2.03. The Hall–Kier alpha value is -1.43. The summed E-state index contributed by atoms with van der Waals surface area (Å²) in [5.41, 5.74) is 0.421. The Morgan fingerprint density at radius 3 is 2.93 bits per heavy atom. The van der Waals surface area contributed by atoms with Crippen molar-refractivity contribution in [3.63, 3.8) is 0 Å². The van der Waals surface area contributed by atoms with Gasteiger partial charge in [0.25, 0.3) is 5.69 Å². The molecule has 1 aromatic rings. The molecule has 0 unspecified atom stereocenters. The van der Waals surface area contributed by atoms with E-state index in [0.717, 1.165) is 0 Å². The van der Waals surface area contributed by atoms with Crippen molar-refractivity contribution < 1.29 is 9.66 Å². The highest BCUT2D eigenvalue weighted by atomic mass is 79.9. The van der Waals surface area contributed by atoms with Crippen molar-refractivity contribution in [2.45, 2.75) is 0 Å². The first kappa shape index (κ1) is 10.1. The van der Waals surface area contributed by atoms with Crippen molar-refractivity contribution in [1.29, 1.82) is 0 Å². The van der Waals surface area contributed by atoms with Gasteiger partial charge < -0.3 is 4.74 Å². The predicted molar refractivity (Wildman–Crippen MR) is 58.2 cm³/mol. The van der Waals surface area contributed by atoms with Crippen molar-refractivity contribution in [3.05, 3.63) is 38.3 Å². The van der Waals surface area contributed by atoms with E-state index in [1.165, 1.54) is 0 Å². The zero-order chi connectivity index (χ0) is 10.8. The number of benzene rings is 1. The molecule has 0 saturated carbocycles. The summed E-state index contributed by atoms with van der Waals surface area (Å²) < 4.78 is 5.64. The van der Waals surface area contributed by atoms with Gasteiger partial charge in [-0.15, -0.1) is 0 Å². The summed E-state index contributed by atoms with van der Waals surface area (Å²) in [5.74, 6) is 0.350. The Labute approximate surface area is 94.0 Å². The molecule has 0 bridgehead atoms. The number of nitro groups is 1. The minimum absolute atomic E-state index is 0.00171. The third-order valence-electron chi connectivity index (χ3n) is 1.99. The number of halogens is 1. The lowest BCUT2D eigenvalue weighted by Crippen LogP contribution is -2.05. The van der Waals surface area contributed by atoms with Crippen LogP contribution < -0.4 is 0 Å². The van der Waals surface area contributed by atoms with Crippen LogP contribution in [0.4, 0.5) is 5.69 Å². The number of nitro benzene ring substituents is 1. The molecule has 0 radical (unpaired) electrons. The van der Waals surface area contributed by atoms with Gasteiger partial charge >= 0.3 is 0 Å². The van der Waals surface area contributed by atoms with Gasteiger partial charge in [-0.2, -0.15) is 0 Å². The third kappa shape index (κ3) is 1.85. The van der Waals surface area contributed by atoms with E-state index in [1.54, 1.807) is 18.2 Å². The van der Waals surface area contributed by atoms with Crippen LogP contribution >= 0.6 is 15.9 Å². The smallest absolute Gasteiger partial charge is 0.296 e. The van der Waals surface area contributed by atoms with E-state index >= 15 is 0 Å². The first-order valence-electron chi connectivity index (χ1n) is 4.30. The Kier molecular flexibility index (Phi) is 2.68. The first-order chi connectivity index (χ1) is 7.20. The molecule has 0 fully saturated rings. The summed E-state index contributed by atoms with van der Waals surface area (Å²) in [4.78, 5) is 14.5. The average Bonchev–Trinajstić information content (AvgIpc) is 2.69. The van der Waals surface area contributed by atoms with Crippen LogP contribution in [-0.2, 0) is 4.74 Å². The molecule has 15 heavy (non-hydrogen) atoms. The number of aliphatic imine (C=N–C) groups is 1. The number of ether oxygens (including phenoxy) is 1. The summed E-state index contributed by atoms with van der Waals surface area (Å²) >= 11 is 3.14. The highest BCUT2D eigenvalue weighted by molar-refractivity contribution is 9.10. The highest BCUT2D eigenvalue weighted by Crippen LogP contribution is 2.29. The Balaban J connectivity index is 2.55. The molecule has 1 heterocycles. The van der Waals surface area contributed by atoms with Crippen LogP contribution in [0.1, 0.15) is 5.56 Å². The van der Waals surface area contributed by atoms with Crippen molar-refractivity contribution in [2.75, 3.05) is 13.2 Å². The largest absolute Gasteiger partial charge is 0.475 e. The molecule has 0 amide bonds. The summed E-state index contributed by atoms with van der Waals surface area (Å²) in [6.45, 7) is 1.04. The van der Waals surface area contributed by atoms with Crippen LogP contribution in [0.25, 0.3) is 0 Å². The zero-order valence-corrected chi connectivity index (χ0v) is 9.23. The Morgan fingerprint density at radius 2 is 2.33 bits per heavy atom. The number of rotatable bonds is 2. The monoisotopic (exact) mass is 270 g/mol. The second-order valence-corrected chi connectivity index (χ2v) is 3.78. The molecule has 2 rings (SSSR count). The number of nitrogens with zero attached hydrogens (tertiary/aromatic N) is 2. The Morgan fingerprint density at radius 1 is 1.53 bits per heavy atom. The number of hydrogen-bond acceptors (Lipinski definition) is 4. The fourth-order valence-corrected chi connectivity index (χ4v) is 1.88. The summed E-state index contributed by atoms with van der Waals surface area (Å²) in [5, 5.41) is 10.9. The van der Waals surface area contributed by atoms with Crippen LogP contribution in [0, 0.1) is 10.1 Å². The maximum Gasteiger partial charge on any atom is 0.296 e. The van der Waals surface area contributed by atoms with Crippen LogP contribution in [-0.4, -0.2) is 24.0 Å². The average molecular weight is 271 g/mol. The fraction of sp³-hybridized carbons (Fsp3) is 0.222. The van der Waals surface area contributed by atoms with Gasteiger partial charge in [0.15, 0.2) is 0 Å². The van der Waals surface area contributed by atoms with E-state index in [1.807, 2.05) is 0 Å². The summed E-state index contributed by atoms with van der Waals surface area (Å²) in [6, 6.07) is 4.97. The minimum Gasteiger partial charge on any atom is -0.475 e. The lowest BCUT2D eigenvalue weighted by atomic mass is 10.2. The SMILES string of the molecule is O=[N+]([O-])c1c(Br)cccc1C1=NCCO1. The van der Waals surface area contributed by atoms with Gasteiger partial charge in [-0.05, 0) is 28.1 Å². The molecular weight excluding hydrogens is 264 g/mol. The van der Waals surface area contributed by atoms with Gasteiger partial charge in [0.1, 0.15) is 12.2 Å². The zero-order valence-electron chi connectivity index (χ0n) is 7.64. The topological polar surface area (TPSA) is 64.7 Å². The van der Waals surface area contributed by atoms with Gasteiger partial charge in [0.05, 0.1) is 15.9 Å². The van der Waals surface area contributed by atoms with Gasteiger partial charge in [-0.1, -0.05) is 6.07 Å². The maximum absolute atomic E-state index is 10.9. The quantitative estimate of drug-likeness (QED) is 0.611. The van der Waals surface area contributed by atoms with Crippen molar-refractivity contribution in [3.8, 4) is 0 Å². The highest BCUT2D eigenvalue weighted by Gasteiger charge is 2.24. The van der Waals surface area contributed by atoms with Crippen LogP contribution in [0.5, 0.6) is 0 Å². The number of para-hydroxylation sites is 1. The van der Waals surface area contributed by atoms with Crippen LogP contribution in [0.3, 0.4) is 0 Å². The van der Waals surface area contributed by atoms with Crippen LogP contribution in [0.2, 0.25) is 0 Å².